The minimum absolute atomic E-state index is 0.263. The second-order valence-corrected chi connectivity index (χ2v) is 6.91. The summed E-state index contributed by atoms with van der Waals surface area (Å²) in [5.41, 5.74) is 2.16. The average molecular weight is 354 g/mol. The van der Waals surface area contributed by atoms with Gasteiger partial charge in [-0.1, -0.05) is 18.6 Å². The van der Waals surface area contributed by atoms with Crippen LogP contribution in [0.25, 0.3) is 17.3 Å². The Morgan fingerprint density at radius 2 is 2.08 bits per heavy atom. The Hall–Kier alpha value is -2.27. The van der Waals surface area contributed by atoms with E-state index < -0.39 is 0 Å². The number of aromatic nitrogens is 2. The normalized spacial score (nSPS) is 15.6. The highest BCUT2D eigenvalue weighted by Crippen LogP contribution is 2.18. The molecule has 1 aliphatic heterocycles. The predicted octanol–water partition coefficient (Wildman–Crippen LogP) is 4.90. The number of nitrogens with one attached hydrogen (secondary N) is 2. The highest BCUT2D eigenvalue weighted by atomic mass is 19.1. The van der Waals surface area contributed by atoms with Crippen LogP contribution in [0.5, 0.6) is 0 Å². The standard InChI is InChI=1S/C21H27FN4/c22-18-8-6-7-17(15-18)20-16-24-21(25-20)11-10-19(23)9-2-5-14-26-12-3-1-4-13-26/h6-8,10-11,15-16,23H,1-5,9,12-14H2,(H,24,25)/b11-10-,23-19?. The van der Waals surface area contributed by atoms with Gasteiger partial charge in [0.05, 0.1) is 11.9 Å². The average Bonchev–Trinajstić information content (AvgIpc) is 3.14. The van der Waals surface area contributed by atoms with Crippen molar-refractivity contribution in [2.75, 3.05) is 19.6 Å². The molecule has 5 heteroatoms. The van der Waals surface area contributed by atoms with Gasteiger partial charge in [0.25, 0.3) is 0 Å². The predicted molar refractivity (Wildman–Crippen MR) is 105 cm³/mol. The molecule has 138 valence electrons. The monoisotopic (exact) mass is 354 g/mol. The maximum Gasteiger partial charge on any atom is 0.130 e. The molecule has 0 atom stereocenters. The number of halogens is 1. The van der Waals surface area contributed by atoms with E-state index in [1.165, 1.54) is 44.5 Å². The molecule has 0 aliphatic carbocycles. The first-order valence-corrected chi connectivity index (χ1v) is 9.49. The quantitative estimate of drug-likeness (QED) is 0.523. The summed E-state index contributed by atoms with van der Waals surface area (Å²) in [6.45, 7) is 3.64. The second-order valence-electron chi connectivity index (χ2n) is 6.91. The fourth-order valence-electron chi connectivity index (χ4n) is 3.32. The van der Waals surface area contributed by atoms with E-state index in [-0.39, 0.29) is 5.82 Å². The van der Waals surface area contributed by atoms with Gasteiger partial charge in [0.15, 0.2) is 0 Å². The number of imidazole rings is 1. The number of rotatable bonds is 8. The molecule has 2 N–H and O–H groups in total. The van der Waals surface area contributed by atoms with E-state index >= 15 is 0 Å². The molecule has 0 bridgehead atoms. The van der Waals surface area contributed by atoms with Gasteiger partial charge >= 0.3 is 0 Å². The molecule has 1 fully saturated rings. The van der Waals surface area contributed by atoms with Crippen molar-refractivity contribution in [1.82, 2.24) is 14.9 Å². The number of piperidine rings is 1. The summed E-state index contributed by atoms with van der Waals surface area (Å²) in [4.78, 5) is 9.98. The number of unbranched alkanes of at least 4 members (excludes halogenated alkanes) is 1. The summed E-state index contributed by atoms with van der Waals surface area (Å²) in [6, 6.07) is 6.42. The maximum atomic E-state index is 13.3. The molecule has 0 unspecified atom stereocenters. The zero-order valence-corrected chi connectivity index (χ0v) is 15.2. The number of hydrogen-bond acceptors (Lipinski definition) is 3. The lowest BCUT2D eigenvalue weighted by Gasteiger charge is -2.26. The first-order chi connectivity index (χ1) is 12.7. The Morgan fingerprint density at radius 3 is 2.88 bits per heavy atom. The van der Waals surface area contributed by atoms with Crippen LogP contribution in [-0.4, -0.2) is 40.2 Å². The molecule has 2 aromatic rings. The zero-order valence-electron chi connectivity index (χ0n) is 15.2. The summed E-state index contributed by atoms with van der Waals surface area (Å²) in [7, 11) is 0. The minimum atomic E-state index is -0.263. The van der Waals surface area contributed by atoms with E-state index in [0.717, 1.165) is 37.1 Å². The lowest BCUT2D eigenvalue weighted by molar-refractivity contribution is 0.225. The Labute approximate surface area is 154 Å². The third-order valence-corrected chi connectivity index (χ3v) is 4.79. The number of aromatic amines is 1. The molecule has 1 saturated heterocycles. The van der Waals surface area contributed by atoms with Crippen molar-refractivity contribution in [3.8, 4) is 11.3 Å². The highest BCUT2D eigenvalue weighted by molar-refractivity contribution is 5.95. The first kappa shape index (κ1) is 18.5. The highest BCUT2D eigenvalue weighted by Gasteiger charge is 2.09. The van der Waals surface area contributed by atoms with Crippen LogP contribution in [0.15, 0.2) is 36.5 Å². The summed E-state index contributed by atoms with van der Waals surface area (Å²) >= 11 is 0. The van der Waals surface area contributed by atoms with Gasteiger partial charge in [0.2, 0.25) is 0 Å². The maximum absolute atomic E-state index is 13.3. The summed E-state index contributed by atoms with van der Waals surface area (Å²) in [5, 5.41) is 8.07. The van der Waals surface area contributed by atoms with Crippen molar-refractivity contribution in [1.29, 1.82) is 5.41 Å². The van der Waals surface area contributed by atoms with Crippen molar-refractivity contribution in [2.24, 2.45) is 0 Å². The Balaban J connectivity index is 1.42. The third kappa shape index (κ3) is 5.63. The molecule has 2 heterocycles. The van der Waals surface area contributed by atoms with Gasteiger partial charge in [-0.2, -0.15) is 0 Å². The van der Waals surface area contributed by atoms with Crippen molar-refractivity contribution in [2.45, 2.75) is 38.5 Å². The van der Waals surface area contributed by atoms with Crippen LogP contribution in [0.4, 0.5) is 4.39 Å². The Bertz CT molecular complexity index is 744. The van der Waals surface area contributed by atoms with Crippen molar-refractivity contribution in [3.05, 3.63) is 48.2 Å². The van der Waals surface area contributed by atoms with Gasteiger partial charge < -0.3 is 15.3 Å². The molecule has 4 nitrogen and oxygen atoms in total. The molecule has 1 aromatic carbocycles. The molecule has 0 spiro atoms. The van der Waals surface area contributed by atoms with Crippen molar-refractivity contribution in [3.63, 3.8) is 0 Å². The van der Waals surface area contributed by atoms with Crippen LogP contribution in [0.1, 0.15) is 44.3 Å². The van der Waals surface area contributed by atoms with Gasteiger partial charge in [-0.3, -0.25) is 0 Å². The number of likely N-dealkylation sites (tertiary alicyclic amines) is 1. The molecule has 1 aromatic heterocycles. The SMILES string of the molecule is N=C(/C=C\c1ncc(-c2cccc(F)c2)[nH]1)CCCCN1CCCCC1. The number of allylic oxidation sites excluding steroid dienone is 1. The van der Waals surface area contributed by atoms with Crippen LogP contribution < -0.4 is 0 Å². The number of H-pyrrole nitrogens is 1. The van der Waals surface area contributed by atoms with Crippen molar-refractivity contribution < 1.29 is 4.39 Å². The lowest BCUT2D eigenvalue weighted by atomic mass is 10.1. The molecule has 0 radical (unpaired) electrons. The molecule has 3 rings (SSSR count). The summed E-state index contributed by atoms with van der Waals surface area (Å²) in [6.07, 6.45) is 12.3. The van der Waals surface area contributed by atoms with Crippen LogP contribution in [0, 0.1) is 11.2 Å². The van der Waals surface area contributed by atoms with Crippen LogP contribution in [0.2, 0.25) is 0 Å². The second kappa shape index (κ2) is 9.43. The number of benzene rings is 1. The topological polar surface area (TPSA) is 55.8 Å². The smallest absolute Gasteiger partial charge is 0.130 e. The van der Waals surface area contributed by atoms with E-state index in [1.54, 1.807) is 18.3 Å². The van der Waals surface area contributed by atoms with Gasteiger partial charge in [0.1, 0.15) is 11.6 Å². The number of hydrogen-bond donors (Lipinski definition) is 2. The van der Waals surface area contributed by atoms with Crippen molar-refractivity contribution >= 4 is 11.8 Å². The lowest BCUT2D eigenvalue weighted by Crippen LogP contribution is -2.30. The molecule has 0 saturated carbocycles. The largest absolute Gasteiger partial charge is 0.338 e. The molecule has 0 amide bonds. The van der Waals surface area contributed by atoms with E-state index in [2.05, 4.69) is 14.9 Å². The van der Waals surface area contributed by atoms with E-state index in [4.69, 9.17) is 5.41 Å². The third-order valence-electron chi connectivity index (χ3n) is 4.79. The van der Waals surface area contributed by atoms with E-state index in [1.807, 2.05) is 12.1 Å². The Kier molecular flexibility index (Phi) is 6.72. The van der Waals surface area contributed by atoms with Crippen LogP contribution in [-0.2, 0) is 0 Å². The Morgan fingerprint density at radius 1 is 1.23 bits per heavy atom. The minimum Gasteiger partial charge on any atom is -0.338 e. The fourth-order valence-corrected chi connectivity index (χ4v) is 3.32. The van der Waals surface area contributed by atoms with Gasteiger partial charge in [-0.15, -0.1) is 0 Å². The fraction of sp³-hybridized carbons (Fsp3) is 0.429. The molecular formula is C21H27FN4. The van der Waals surface area contributed by atoms with E-state index in [9.17, 15) is 4.39 Å². The van der Waals surface area contributed by atoms with Gasteiger partial charge in [0, 0.05) is 11.3 Å². The molecule has 1 aliphatic rings. The molecule has 26 heavy (non-hydrogen) atoms. The molecular weight excluding hydrogens is 327 g/mol. The summed E-state index contributed by atoms with van der Waals surface area (Å²) < 4.78 is 13.3. The van der Waals surface area contributed by atoms with Gasteiger partial charge in [-0.05, 0) is 76.0 Å². The van der Waals surface area contributed by atoms with Gasteiger partial charge in [-0.25, -0.2) is 9.37 Å². The van der Waals surface area contributed by atoms with E-state index in [0.29, 0.717) is 11.5 Å². The number of nitrogens with zero attached hydrogens (tertiary/aromatic N) is 2. The summed E-state index contributed by atoms with van der Waals surface area (Å²) in [5.74, 6) is 0.419. The zero-order chi connectivity index (χ0) is 18.2. The van der Waals surface area contributed by atoms with Crippen LogP contribution in [0.3, 0.4) is 0 Å². The van der Waals surface area contributed by atoms with Crippen LogP contribution >= 0.6 is 0 Å². The first-order valence-electron chi connectivity index (χ1n) is 9.49.